The van der Waals surface area contributed by atoms with Gasteiger partial charge in [0, 0.05) is 17.8 Å². The maximum atomic E-state index is 12.4. The van der Waals surface area contributed by atoms with Gasteiger partial charge in [0.05, 0.1) is 5.69 Å². The molecule has 4 heteroatoms. The minimum atomic E-state index is -0.134. The first-order valence-electron chi connectivity index (χ1n) is 6.79. The molecule has 1 aliphatic carbocycles. The van der Waals surface area contributed by atoms with Crippen molar-refractivity contribution in [1.82, 2.24) is 9.88 Å². The maximum absolute atomic E-state index is 12.4. The third kappa shape index (κ3) is 2.52. The van der Waals surface area contributed by atoms with Gasteiger partial charge >= 0.3 is 0 Å². The first-order chi connectivity index (χ1) is 8.49. The van der Waals surface area contributed by atoms with Gasteiger partial charge in [0.1, 0.15) is 5.69 Å². The predicted octanol–water partition coefficient (Wildman–Crippen LogP) is 2.71. The Morgan fingerprint density at radius 3 is 2.61 bits per heavy atom. The summed E-state index contributed by atoms with van der Waals surface area (Å²) in [6, 6.07) is 2.25. The Balaban J connectivity index is 2.18. The van der Waals surface area contributed by atoms with E-state index < -0.39 is 0 Å². The van der Waals surface area contributed by atoms with E-state index in [9.17, 15) is 4.79 Å². The lowest BCUT2D eigenvalue weighted by atomic mass is 9.95. The summed E-state index contributed by atoms with van der Waals surface area (Å²) in [6.45, 7) is 6.27. The monoisotopic (exact) mass is 249 g/mol. The van der Waals surface area contributed by atoms with Crippen molar-refractivity contribution in [2.45, 2.75) is 58.0 Å². The van der Waals surface area contributed by atoms with Crippen LogP contribution in [0.15, 0.2) is 12.3 Å². The number of hydrogen-bond acceptors (Lipinski definition) is 2. The molecule has 2 rings (SSSR count). The average Bonchev–Trinajstić information content (AvgIpc) is 3.12. The Kier molecular flexibility index (Phi) is 3.37. The minimum absolute atomic E-state index is 0.00944. The first-order valence-corrected chi connectivity index (χ1v) is 6.79. The van der Waals surface area contributed by atoms with Crippen LogP contribution in [0.5, 0.6) is 0 Å². The highest BCUT2D eigenvalue weighted by atomic mass is 16.2. The number of hydrogen-bond donors (Lipinski definition) is 2. The second kappa shape index (κ2) is 4.67. The van der Waals surface area contributed by atoms with Crippen LogP contribution >= 0.6 is 0 Å². The molecule has 4 nitrogen and oxygen atoms in total. The van der Waals surface area contributed by atoms with Crippen molar-refractivity contribution >= 4 is 11.6 Å². The number of anilines is 1. The highest BCUT2D eigenvalue weighted by Crippen LogP contribution is 2.37. The van der Waals surface area contributed by atoms with Crippen LogP contribution in [0.3, 0.4) is 0 Å². The molecule has 18 heavy (non-hydrogen) atoms. The van der Waals surface area contributed by atoms with E-state index >= 15 is 0 Å². The molecule has 1 aromatic rings. The molecule has 0 atom stereocenters. The van der Waals surface area contributed by atoms with Gasteiger partial charge in [0.25, 0.3) is 5.91 Å². The van der Waals surface area contributed by atoms with Gasteiger partial charge in [-0.2, -0.15) is 0 Å². The summed E-state index contributed by atoms with van der Waals surface area (Å²) in [6.07, 6.45) is 6.02. The van der Waals surface area contributed by atoms with E-state index in [0.29, 0.717) is 17.4 Å². The molecule has 0 saturated heterocycles. The summed E-state index contributed by atoms with van der Waals surface area (Å²) in [4.78, 5) is 12.4. The lowest BCUT2D eigenvalue weighted by Crippen LogP contribution is -2.45. The Labute approximate surface area is 109 Å². The van der Waals surface area contributed by atoms with Crippen LogP contribution in [0, 0.1) is 0 Å². The molecule has 1 amide bonds. The molecule has 1 heterocycles. The Morgan fingerprint density at radius 1 is 1.50 bits per heavy atom. The number of nitrogens with zero attached hydrogens (tertiary/aromatic N) is 1. The zero-order chi connectivity index (χ0) is 13.3. The molecule has 0 spiro atoms. The maximum Gasteiger partial charge on any atom is 0.268 e. The van der Waals surface area contributed by atoms with E-state index in [0.717, 1.165) is 25.7 Å². The van der Waals surface area contributed by atoms with Crippen LogP contribution in [0.1, 0.15) is 63.0 Å². The number of nitrogens with two attached hydrogens (primary N) is 1. The van der Waals surface area contributed by atoms with Gasteiger partial charge in [0.15, 0.2) is 0 Å². The molecule has 0 aromatic carbocycles. The van der Waals surface area contributed by atoms with Gasteiger partial charge in [-0.05, 0) is 38.7 Å². The molecule has 0 unspecified atom stereocenters. The van der Waals surface area contributed by atoms with E-state index in [-0.39, 0.29) is 11.4 Å². The van der Waals surface area contributed by atoms with Crippen LogP contribution in [0.4, 0.5) is 5.69 Å². The van der Waals surface area contributed by atoms with Crippen LogP contribution in [0.25, 0.3) is 0 Å². The largest absolute Gasteiger partial charge is 0.397 e. The number of amides is 1. The number of nitrogen functional groups attached to an aromatic ring is 1. The van der Waals surface area contributed by atoms with Crippen molar-refractivity contribution in [3.8, 4) is 0 Å². The van der Waals surface area contributed by atoms with Gasteiger partial charge in [-0.3, -0.25) is 4.79 Å². The third-order valence-corrected chi connectivity index (χ3v) is 4.02. The molecule has 1 aromatic heterocycles. The fourth-order valence-electron chi connectivity index (χ4n) is 2.10. The summed E-state index contributed by atoms with van der Waals surface area (Å²) in [5, 5.41) is 3.13. The van der Waals surface area contributed by atoms with E-state index in [1.165, 1.54) is 0 Å². The van der Waals surface area contributed by atoms with Gasteiger partial charge in [-0.1, -0.05) is 13.8 Å². The number of carbonyl (C=O) groups excluding carboxylic acids is 1. The van der Waals surface area contributed by atoms with Crippen molar-refractivity contribution in [3.63, 3.8) is 0 Å². The molecule has 1 aliphatic rings. The molecule has 0 aliphatic heterocycles. The molecule has 1 saturated carbocycles. The normalized spacial score (nSPS) is 15.7. The summed E-state index contributed by atoms with van der Waals surface area (Å²) >= 11 is 0. The topological polar surface area (TPSA) is 60.1 Å². The highest BCUT2D eigenvalue weighted by Gasteiger charge is 2.30. The average molecular weight is 249 g/mol. The van der Waals surface area contributed by atoms with E-state index in [1.54, 1.807) is 6.07 Å². The second-order valence-electron chi connectivity index (χ2n) is 5.52. The number of nitrogens with one attached hydrogen (secondary N) is 1. The SMILES string of the molecule is CCC(C)(CC)NC(=O)c1cc(N)cn1C1CC1. The van der Waals surface area contributed by atoms with Crippen molar-refractivity contribution in [1.29, 1.82) is 0 Å². The van der Waals surface area contributed by atoms with E-state index in [2.05, 4.69) is 26.1 Å². The fourth-order valence-corrected chi connectivity index (χ4v) is 2.10. The Bertz CT molecular complexity index is 442. The van der Waals surface area contributed by atoms with E-state index in [4.69, 9.17) is 5.73 Å². The minimum Gasteiger partial charge on any atom is -0.397 e. The van der Waals surface area contributed by atoms with Crippen molar-refractivity contribution < 1.29 is 4.79 Å². The highest BCUT2D eigenvalue weighted by molar-refractivity contribution is 5.94. The summed E-state index contributed by atoms with van der Waals surface area (Å²) in [5.41, 5.74) is 7.04. The first kappa shape index (κ1) is 13.0. The van der Waals surface area contributed by atoms with Gasteiger partial charge in [0.2, 0.25) is 0 Å². The van der Waals surface area contributed by atoms with Crippen molar-refractivity contribution in [2.75, 3.05) is 5.73 Å². The third-order valence-electron chi connectivity index (χ3n) is 4.02. The predicted molar refractivity (Wildman–Crippen MR) is 73.6 cm³/mol. The van der Waals surface area contributed by atoms with Crippen LogP contribution in [-0.4, -0.2) is 16.0 Å². The molecule has 1 fully saturated rings. The molecular weight excluding hydrogens is 226 g/mol. The van der Waals surface area contributed by atoms with Crippen molar-refractivity contribution in [3.05, 3.63) is 18.0 Å². The van der Waals surface area contributed by atoms with Crippen molar-refractivity contribution in [2.24, 2.45) is 0 Å². The van der Waals surface area contributed by atoms with Gasteiger partial charge in [-0.25, -0.2) is 0 Å². The number of aromatic nitrogens is 1. The summed E-state index contributed by atoms with van der Waals surface area (Å²) < 4.78 is 2.02. The Hall–Kier alpha value is -1.45. The standard InChI is InChI=1S/C14H23N3O/c1-4-14(3,5-2)16-13(18)12-8-10(15)9-17(12)11-6-7-11/h8-9,11H,4-7,15H2,1-3H3,(H,16,18). The van der Waals surface area contributed by atoms with Gasteiger partial charge in [-0.15, -0.1) is 0 Å². The molecule has 100 valence electrons. The lowest BCUT2D eigenvalue weighted by molar-refractivity contribution is 0.0891. The zero-order valence-corrected chi connectivity index (χ0v) is 11.5. The molecule has 0 bridgehead atoms. The smallest absolute Gasteiger partial charge is 0.268 e. The molecular formula is C14H23N3O. The van der Waals surface area contributed by atoms with Crippen LogP contribution < -0.4 is 11.1 Å². The fraction of sp³-hybridized carbons (Fsp3) is 0.643. The second-order valence-corrected chi connectivity index (χ2v) is 5.52. The Morgan fingerprint density at radius 2 is 2.11 bits per heavy atom. The molecule has 0 radical (unpaired) electrons. The number of rotatable bonds is 5. The van der Waals surface area contributed by atoms with Gasteiger partial charge < -0.3 is 15.6 Å². The van der Waals surface area contributed by atoms with Crippen LogP contribution in [0.2, 0.25) is 0 Å². The molecule has 3 N–H and O–H groups in total. The lowest BCUT2D eigenvalue weighted by Gasteiger charge is -2.28. The quantitative estimate of drug-likeness (QED) is 0.843. The van der Waals surface area contributed by atoms with Crippen LogP contribution in [-0.2, 0) is 0 Å². The number of carbonyl (C=O) groups is 1. The summed E-state index contributed by atoms with van der Waals surface area (Å²) in [7, 11) is 0. The summed E-state index contributed by atoms with van der Waals surface area (Å²) in [5.74, 6) is -0.00944. The van der Waals surface area contributed by atoms with E-state index in [1.807, 2.05) is 10.8 Å². The zero-order valence-electron chi connectivity index (χ0n) is 11.5.